The van der Waals surface area contributed by atoms with E-state index in [0.717, 1.165) is 29.8 Å². The highest BCUT2D eigenvalue weighted by molar-refractivity contribution is 5.89. The van der Waals surface area contributed by atoms with Crippen molar-refractivity contribution in [2.75, 3.05) is 10.6 Å². The molecule has 1 unspecified atom stereocenters. The molecule has 0 bridgehead atoms. The van der Waals surface area contributed by atoms with E-state index in [9.17, 15) is 9.59 Å². The summed E-state index contributed by atoms with van der Waals surface area (Å²) in [5, 5.41) is 13.7. The molecule has 0 radical (unpaired) electrons. The van der Waals surface area contributed by atoms with Gasteiger partial charge >= 0.3 is 6.03 Å². The lowest BCUT2D eigenvalue weighted by molar-refractivity contribution is 0.251. The topological polar surface area (TPSA) is 117 Å². The van der Waals surface area contributed by atoms with E-state index in [0.29, 0.717) is 23.0 Å². The second-order valence-corrected chi connectivity index (χ2v) is 7.90. The lowest BCUT2D eigenvalue weighted by Crippen LogP contribution is -2.30. The van der Waals surface area contributed by atoms with E-state index < -0.39 is 0 Å². The molecule has 2 aromatic carbocycles. The fourth-order valence-electron chi connectivity index (χ4n) is 3.47. The molecule has 32 heavy (non-hydrogen) atoms. The van der Waals surface area contributed by atoms with Crippen LogP contribution in [0.2, 0.25) is 0 Å². The Morgan fingerprint density at radius 2 is 1.88 bits per heavy atom. The highest BCUT2D eigenvalue weighted by atomic mass is 16.2. The van der Waals surface area contributed by atoms with Gasteiger partial charge < -0.3 is 16.0 Å². The van der Waals surface area contributed by atoms with Crippen molar-refractivity contribution in [2.24, 2.45) is 0 Å². The Labute approximate surface area is 183 Å². The first-order valence-corrected chi connectivity index (χ1v) is 10.5. The summed E-state index contributed by atoms with van der Waals surface area (Å²) in [6.07, 6.45) is 3.61. The first kappa shape index (κ1) is 19.8. The molecule has 9 heteroatoms. The van der Waals surface area contributed by atoms with E-state index in [1.165, 1.54) is 6.20 Å². The number of carbonyl (C=O) groups is 1. The quantitative estimate of drug-likeness (QED) is 0.374. The molecular weight excluding hydrogens is 406 g/mol. The Morgan fingerprint density at radius 1 is 1.12 bits per heavy atom. The number of carbonyl (C=O) groups excluding carboxylic acids is 1. The predicted molar refractivity (Wildman–Crippen MR) is 123 cm³/mol. The van der Waals surface area contributed by atoms with Crippen LogP contribution in [0.3, 0.4) is 0 Å². The largest absolute Gasteiger partial charge is 0.349 e. The smallest absolute Gasteiger partial charge is 0.319 e. The fourth-order valence-corrected chi connectivity index (χ4v) is 3.47. The van der Waals surface area contributed by atoms with Gasteiger partial charge in [-0.3, -0.25) is 9.78 Å². The maximum atomic E-state index is 12.6. The Hall–Kier alpha value is -4.14. The van der Waals surface area contributed by atoms with Gasteiger partial charge in [0.1, 0.15) is 5.39 Å². The van der Waals surface area contributed by atoms with Gasteiger partial charge in [-0.25, -0.2) is 9.48 Å². The molecule has 4 aromatic rings. The van der Waals surface area contributed by atoms with Gasteiger partial charge in [-0.05, 0) is 49.6 Å². The SMILES string of the molecule is CC(Nc1nc2c(cnn2-c2ccccc2)c(=O)[nH]1)c1ccc(NC(=O)NC2CC2)cc1. The molecule has 1 saturated carbocycles. The summed E-state index contributed by atoms with van der Waals surface area (Å²) < 4.78 is 1.65. The Kier molecular flexibility index (Phi) is 5.06. The Morgan fingerprint density at radius 3 is 2.59 bits per heavy atom. The van der Waals surface area contributed by atoms with E-state index in [1.54, 1.807) is 4.68 Å². The van der Waals surface area contributed by atoms with Crippen molar-refractivity contribution < 1.29 is 4.79 Å². The number of aromatic amines is 1. The van der Waals surface area contributed by atoms with Crippen LogP contribution in [0, 0.1) is 0 Å². The molecule has 9 nitrogen and oxygen atoms in total. The molecule has 0 aliphatic heterocycles. The van der Waals surface area contributed by atoms with E-state index in [1.807, 2.05) is 61.5 Å². The number of amides is 2. The zero-order valence-electron chi connectivity index (χ0n) is 17.5. The molecular formula is C23H23N7O2. The van der Waals surface area contributed by atoms with Crippen LogP contribution >= 0.6 is 0 Å². The van der Waals surface area contributed by atoms with Crippen LogP contribution in [0.4, 0.5) is 16.4 Å². The summed E-state index contributed by atoms with van der Waals surface area (Å²) in [6, 6.07) is 17.1. The number of H-pyrrole nitrogens is 1. The second-order valence-electron chi connectivity index (χ2n) is 7.90. The lowest BCUT2D eigenvalue weighted by Gasteiger charge is -2.15. The van der Waals surface area contributed by atoms with Crippen LogP contribution in [-0.2, 0) is 0 Å². The number of benzene rings is 2. The van der Waals surface area contributed by atoms with Crippen LogP contribution in [-0.4, -0.2) is 31.8 Å². The first-order valence-electron chi connectivity index (χ1n) is 10.5. The summed E-state index contributed by atoms with van der Waals surface area (Å²) in [5.41, 5.74) is 2.76. The van der Waals surface area contributed by atoms with Crippen molar-refractivity contribution in [1.82, 2.24) is 25.1 Å². The van der Waals surface area contributed by atoms with Crippen molar-refractivity contribution in [3.8, 4) is 5.69 Å². The monoisotopic (exact) mass is 429 g/mol. The summed E-state index contributed by atoms with van der Waals surface area (Å²) >= 11 is 0. The number of nitrogens with one attached hydrogen (secondary N) is 4. The molecule has 2 amide bonds. The lowest BCUT2D eigenvalue weighted by atomic mass is 10.1. The molecule has 1 fully saturated rings. The number of fused-ring (bicyclic) bond motifs is 1. The van der Waals surface area contributed by atoms with Crippen molar-refractivity contribution in [2.45, 2.75) is 31.8 Å². The number of rotatable bonds is 6. The minimum atomic E-state index is -0.256. The number of aromatic nitrogens is 4. The van der Waals surface area contributed by atoms with Crippen LogP contribution < -0.4 is 21.5 Å². The number of urea groups is 1. The van der Waals surface area contributed by atoms with E-state index in [4.69, 9.17) is 0 Å². The average molecular weight is 429 g/mol. The van der Waals surface area contributed by atoms with Gasteiger partial charge in [0.15, 0.2) is 5.65 Å². The maximum absolute atomic E-state index is 12.6. The molecule has 162 valence electrons. The standard InChI is InChI=1S/C23H23N7O2/c1-14(15-7-9-16(10-8-15)26-23(32)27-17-11-12-17)25-22-28-20-19(21(31)29-22)13-24-30(20)18-5-3-2-4-6-18/h2-10,13-14,17H,11-12H2,1H3,(H2,26,27,32)(H2,25,28,29,31). The first-order chi connectivity index (χ1) is 15.6. The van der Waals surface area contributed by atoms with Crippen molar-refractivity contribution >= 4 is 28.7 Å². The number of para-hydroxylation sites is 1. The highest BCUT2D eigenvalue weighted by Gasteiger charge is 2.23. The van der Waals surface area contributed by atoms with Gasteiger partial charge in [0.25, 0.3) is 5.56 Å². The average Bonchev–Trinajstić information content (AvgIpc) is 3.49. The van der Waals surface area contributed by atoms with Gasteiger partial charge in [0, 0.05) is 11.7 Å². The third-order valence-corrected chi connectivity index (χ3v) is 5.37. The minimum Gasteiger partial charge on any atom is -0.349 e. The van der Waals surface area contributed by atoms with Crippen molar-refractivity contribution in [1.29, 1.82) is 0 Å². The predicted octanol–water partition coefficient (Wildman–Crippen LogP) is 3.57. The highest BCUT2D eigenvalue weighted by Crippen LogP contribution is 2.21. The Balaban J connectivity index is 1.33. The molecule has 1 atom stereocenters. The van der Waals surface area contributed by atoms with Crippen LogP contribution in [0.25, 0.3) is 16.7 Å². The molecule has 1 aliphatic carbocycles. The van der Waals surface area contributed by atoms with Crippen molar-refractivity contribution in [3.63, 3.8) is 0 Å². The zero-order valence-corrected chi connectivity index (χ0v) is 17.5. The van der Waals surface area contributed by atoms with E-state index >= 15 is 0 Å². The summed E-state index contributed by atoms with van der Waals surface area (Å²) in [7, 11) is 0. The summed E-state index contributed by atoms with van der Waals surface area (Å²) in [5.74, 6) is 0.360. The zero-order chi connectivity index (χ0) is 22.1. The molecule has 5 rings (SSSR count). The fraction of sp³-hybridized carbons (Fsp3) is 0.217. The second kappa shape index (κ2) is 8.18. The van der Waals surface area contributed by atoms with Gasteiger partial charge in [-0.1, -0.05) is 30.3 Å². The third-order valence-electron chi connectivity index (χ3n) is 5.37. The van der Waals surface area contributed by atoms with Gasteiger partial charge in [0.2, 0.25) is 5.95 Å². The van der Waals surface area contributed by atoms with Crippen molar-refractivity contribution in [3.05, 3.63) is 76.7 Å². The molecule has 0 spiro atoms. The van der Waals surface area contributed by atoms with Gasteiger partial charge in [0.05, 0.1) is 17.9 Å². The number of hydrogen-bond donors (Lipinski definition) is 4. The van der Waals surface area contributed by atoms with E-state index in [-0.39, 0.29) is 17.6 Å². The van der Waals surface area contributed by atoms with Crippen LogP contribution in [0.1, 0.15) is 31.4 Å². The molecule has 4 N–H and O–H groups in total. The molecule has 1 aliphatic rings. The summed E-state index contributed by atoms with van der Waals surface area (Å²) in [4.78, 5) is 31.8. The number of hydrogen-bond acceptors (Lipinski definition) is 5. The Bertz CT molecular complexity index is 1310. The van der Waals surface area contributed by atoms with Gasteiger partial charge in [-0.15, -0.1) is 0 Å². The summed E-state index contributed by atoms with van der Waals surface area (Å²) in [6.45, 7) is 1.97. The molecule has 2 aromatic heterocycles. The normalized spacial score (nSPS) is 14.2. The van der Waals surface area contributed by atoms with Crippen LogP contribution in [0.15, 0.2) is 65.6 Å². The minimum absolute atomic E-state index is 0.127. The van der Waals surface area contributed by atoms with E-state index in [2.05, 4.69) is 31.0 Å². The molecule has 0 saturated heterocycles. The van der Waals surface area contributed by atoms with Crippen LogP contribution in [0.5, 0.6) is 0 Å². The molecule has 2 heterocycles. The number of anilines is 2. The number of nitrogens with zero attached hydrogens (tertiary/aromatic N) is 3. The van der Waals surface area contributed by atoms with Gasteiger partial charge in [-0.2, -0.15) is 10.1 Å². The third kappa shape index (κ3) is 4.18. The maximum Gasteiger partial charge on any atom is 0.319 e.